The number of carboxylic acids is 4. The fourth-order valence-corrected chi connectivity index (χ4v) is 8.33. The SMILES string of the molecule is Cc1cc(CCCCC2(C(=O)O)CC2)c(CCCCC(C)(C)C(=O)O)cc1C1CC1(CCCCc1ccc(O)cc1CCCCC(C)(C)C(=O)O)C(=O)O. The van der Waals surface area contributed by atoms with E-state index in [4.69, 9.17) is 0 Å². The Morgan fingerprint density at radius 2 is 1.11 bits per heavy atom. The molecule has 0 saturated heterocycles. The molecule has 0 aliphatic heterocycles. The first-order valence-corrected chi connectivity index (χ1v) is 20.2. The molecule has 0 aromatic heterocycles. The summed E-state index contributed by atoms with van der Waals surface area (Å²) in [5.41, 5.74) is 3.92. The number of phenols is 1. The number of phenolic OH excluding ortho intramolecular Hbond substituents is 1. The molecule has 0 amide bonds. The van der Waals surface area contributed by atoms with Crippen LogP contribution in [-0.4, -0.2) is 49.4 Å². The van der Waals surface area contributed by atoms with Crippen LogP contribution in [0.25, 0.3) is 0 Å². The van der Waals surface area contributed by atoms with E-state index in [1.54, 1.807) is 39.8 Å². The monoisotopic (exact) mass is 748 g/mol. The van der Waals surface area contributed by atoms with E-state index in [9.17, 15) is 44.7 Å². The summed E-state index contributed by atoms with van der Waals surface area (Å²) in [6.07, 6.45) is 14.2. The highest BCUT2D eigenvalue weighted by Crippen LogP contribution is 2.63. The van der Waals surface area contributed by atoms with E-state index in [1.807, 2.05) is 6.07 Å². The van der Waals surface area contributed by atoms with Gasteiger partial charge in [0.25, 0.3) is 0 Å². The maximum Gasteiger partial charge on any atom is 0.310 e. The number of aromatic hydroxyl groups is 1. The van der Waals surface area contributed by atoms with Gasteiger partial charge in [-0.05, 0) is 176 Å². The van der Waals surface area contributed by atoms with Gasteiger partial charge in [0.1, 0.15) is 5.75 Å². The number of benzene rings is 2. The molecule has 9 heteroatoms. The lowest BCUT2D eigenvalue weighted by Crippen LogP contribution is -2.23. The van der Waals surface area contributed by atoms with Crippen LogP contribution in [-0.2, 0) is 44.9 Å². The molecule has 2 aromatic rings. The topological polar surface area (TPSA) is 169 Å². The fraction of sp³-hybridized carbons (Fsp3) is 0.644. The van der Waals surface area contributed by atoms with Gasteiger partial charge >= 0.3 is 23.9 Å². The summed E-state index contributed by atoms with van der Waals surface area (Å²) < 4.78 is 0. The Morgan fingerprint density at radius 1 is 0.630 bits per heavy atom. The standard InChI is InChI=1S/C45H64O9/c1-30-26-32(15-8-12-22-44(24-25-44)40(51)52)34(17-7-11-21-43(4,5)39(49)50)28-36(30)37-29-45(37,41(53)54)23-13-9-14-31-18-19-35(46)27-33(31)16-6-10-20-42(2,3)38(47)48/h18-19,26-28,37,46H,6-17,20-25,29H2,1-5H3,(H,47,48)(H,49,50)(H,51,52)(H,53,54). The molecular weight excluding hydrogens is 684 g/mol. The zero-order chi connectivity index (χ0) is 39.9. The number of aryl methyl sites for hydroxylation is 5. The Balaban J connectivity index is 1.40. The molecule has 2 atom stereocenters. The summed E-state index contributed by atoms with van der Waals surface area (Å²) in [6.45, 7) is 9.06. The van der Waals surface area contributed by atoms with Gasteiger partial charge in [0.2, 0.25) is 0 Å². The zero-order valence-electron chi connectivity index (χ0n) is 33.3. The Kier molecular flexibility index (Phi) is 14.1. The van der Waals surface area contributed by atoms with Gasteiger partial charge in [0.15, 0.2) is 0 Å². The normalized spacial score (nSPS) is 19.0. The molecule has 298 valence electrons. The largest absolute Gasteiger partial charge is 0.508 e. The Morgan fingerprint density at radius 3 is 1.61 bits per heavy atom. The molecule has 0 heterocycles. The summed E-state index contributed by atoms with van der Waals surface area (Å²) in [7, 11) is 0. The molecule has 2 aromatic carbocycles. The van der Waals surface area contributed by atoms with Crippen LogP contribution in [0.5, 0.6) is 5.75 Å². The van der Waals surface area contributed by atoms with Crippen molar-refractivity contribution in [3.8, 4) is 5.75 Å². The molecule has 0 spiro atoms. The molecule has 2 aliphatic rings. The first-order chi connectivity index (χ1) is 25.3. The summed E-state index contributed by atoms with van der Waals surface area (Å²) in [4.78, 5) is 47.7. The van der Waals surface area contributed by atoms with Crippen LogP contribution in [0, 0.1) is 28.6 Å². The van der Waals surface area contributed by atoms with E-state index in [0.29, 0.717) is 32.1 Å². The van der Waals surface area contributed by atoms with Crippen molar-refractivity contribution in [3.63, 3.8) is 0 Å². The summed E-state index contributed by atoms with van der Waals surface area (Å²) >= 11 is 0. The van der Waals surface area contributed by atoms with Gasteiger partial charge in [-0.2, -0.15) is 0 Å². The third kappa shape index (κ3) is 10.9. The molecule has 2 aliphatic carbocycles. The van der Waals surface area contributed by atoms with Gasteiger partial charge in [-0.3, -0.25) is 19.2 Å². The molecule has 9 nitrogen and oxygen atoms in total. The molecule has 4 rings (SSSR count). The molecule has 0 bridgehead atoms. The van der Waals surface area contributed by atoms with E-state index in [2.05, 4.69) is 19.1 Å². The summed E-state index contributed by atoms with van der Waals surface area (Å²) in [6, 6.07) is 9.88. The van der Waals surface area contributed by atoms with Crippen molar-refractivity contribution in [2.75, 3.05) is 0 Å². The minimum Gasteiger partial charge on any atom is -0.508 e. The predicted molar refractivity (Wildman–Crippen MR) is 209 cm³/mol. The number of aliphatic carboxylic acids is 4. The van der Waals surface area contributed by atoms with Gasteiger partial charge in [0, 0.05) is 5.92 Å². The first kappa shape index (κ1) is 42.9. The average Bonchev–Trinajstić information content (AvgIpc) is 4.03. The van der Waals surface area contributed by atoms with Crippen molar-refractivity contribution in [2.24, 2.45) is 21.7 Å². The number of hydrogen-bond donors (Lipinski definition) is 5. The zero-order valence-corrected chi connectivity index (χ0v) is 33.3. The van der Waals surface area contributed by atoms with E-state index >= 15 is 0 Å². The van der Waals surface area contributed by atoms with Crippen LogP contribution < -0.4 is 0 Å². The second-order valence-electron chi connectivity index (χ2n) is 17.9. The Hall–Kier alpha value is -3.88. The fourth-order valence-electron chi connectivity index (χ4n) is 8.33. The van der Waals surface area contributed by atoms with Gasteiger partial charge in [-0.25, -0.2) is 0 Å². The maximum absolute atomic E-state index is 12.9. The van der Waals surface area contributed by atoms with E-state index in [-0.39, 0.29) is 11.7 Å². The molecular formula is C45H64O9. The number of hydrogen-bond acceptors (Lipinski definition) is 5. The third-order valence-corrected chi connectivity index (χ3v) is 12.8. The van der Waals surface area contributed by atoms with Crippen molar-refractivity contribution < 1.29 is 44.7 Å². The lowest BCUT2D eigenvalue weighted by atomic mass is 9.85. The first-order valence-electron chi connectivity index (χ1n) is 20.2. The van der Waals surface area contributed by atoms with E-state index in [1.165, 1.54) is 11.1 Å². The van der Waals surface area contributed by atoms with Crippen molar-refractivity contribution in [3.05, 3.63) is 63.7 Å². The van der Waals surface area contributed by atoms with E-state index in [0.717, 1.165) is 112 Å². The number of unbranched alkanes of at least 4 members (excludes halogenated alkanes) is 4. The number of carboxylic acid groups (broad SMARTS) is 4. The van der Waals surface area contributed by atoms with Gasteiger partial charge < -0.3 is 25.5 Å². The molecule has 54 heavy (non-hydrogen) atoms. The van der Waals surface area contributed by atoms with Crippen molar-refractivity contribution >= 4 is 23.9 Å². The van der Waals surface area contributed by atoms with E-state index < -0.39 is 45.5 Å². The van der Waals surface area contributed by atoms with Crippen LogP contribution in [0.1, 0.15) is 163 Å². The molecule has 2 unspecified atom stereocenters. The Labute approximate surface area is 321 Å². The maximum atomic E-state index is 12.9. The van der Waals surface area contributed by atoms with Crippen LogP contribution in [0.4, 0.5) is 0 Å². The van der Waals surface area contributed by atoms with Gasteiger partial charge in [-0.15, -0.1) is 0 Å². The van der Waals surface area contributed by atoms with Crippen molar-refractivity contribution in [2.45, 2.75) is 163 Å². The smallest absolute Gasteiger partial charge is 0.310 e. The third-order valence-electron chi connectivity index (χ3n) is 12.8. The molecule has 2 saturated carbocycles. The molecule has 5 N–H and O–H groups in total. The lowest BCUT2D eigenvalue weighted by Gasteiger charge is -2.20. The second kappa shape index (κ2) is 17.7. The predicted octanol–water partition coefficient (Wildman–Crippen LogP) is 9.90. The minimum absolute atomic E-state index is 0.0710. The molecule has 0 radical (unpaired) electrons. The number of rotatable bonds is 25. The Bertz CT molecular complexity index is 1670. The van der Waals surface area contributed by atoms with Gasteiger partial charge in [-0.1, -0.05) is 43.9 Å². The van der Waals surface area contributed by atoms with Gasteiger partial charge in [0.05, 0.1) is 21.7 Å². The van der Waals surface area contributed by atoms with Crippen LogP contribution in [0.15, 0.2) is 30.3 Å². The van der Waals surface area contributed by atoms with Crippen molar-refractivity contribution in [1.29, 1.82) is 0 Å². The summed E-state index contributed by atoms with van der Waals surface area (Å²) in [5, 5.41) is 49.3. The average molecular weight is 749 g/mol. The minimum atomic E-state index is -0.806. The number of carbonyl (C=O) groups is 4. The van der Waals surface area contributed by atoms with Crippen LogP contribution >= 0.6 is 0 Å². The lowest BCUT2D eigenvalue weighted by molar-refractivity contribution is -0.148. The summed E-state index contributed by atoms with van der Waals surface area (Å²) in [5.74, 6) is -2.90. The van der Waals surface area contributed by atoms with Crippen LogP contribution in [0.2, 0.25) is 0 Å². The highest BCUT2D eigenvalue weighted by Gasteiger charge is 2.60. The molecule has 2 fully saturated rings. The quantitative estimate of drug-likeness (QED) is 0.0620. The van der Waals surface area contributed by atoms with Crippen molar-refractivity contribution in [1.82, 2.24) is 0 Å². The second-order valence-corrected chi connectivity index (χ2v) is 17.9. The highest BCUT2D eigenvalue weighted by molar-refractivity contribution is 5.81. The highest BCUT2D eigenvalue weighted by atomic mass is 16.4. The van der Waals surface area contributed by atoms with Crippen LogP contribution in [0.3, 0.4) is 0 Å².